The van der Waals surface area contributed by atoms with Crippen LogP contribution in [0.4, 0.5) is 0 Å². The van der Waals surface area contributed by atoms with E-state index in [1.807, 2.05) is 18.2 Å². The highest BCUT2D eigenvalue weighted by Crippen LogP contribution is 2.01. The van der Waals surface area contributed by atoms with E-state index in [0.717, 1.165) is 19.0 Å². The monoisotopic (exact) mass is 262 g/mol. The molecule has 2 rings (SSSR count). The highest BCUT2D eigenvalue weighted by molar-refractivity contribution is 5.35. The molecule has 0 bridgehead atoms. The zero-order chi connectivity index (χ0) is 13.7. The predicted molar refractivity (Wildman–Crippen MR) is 76.4 cm³/mol. The largest absolute Gasteiger partial charge is 0.350 e. The molecule has 0 spiro atoms. The molecule has 5 nitrogen and oxygen atoms in total. The lowest BCUT2D eigenvalue weighted by Crippen LogP contribution is -2.28. The van der Waals surface area contributed by atoms with Crippen LogP contribution in [0.25, 0.3) is 5.65 Å². The van der Waals surface area contributed by atoms with E-state index in [4.69, 9.17) is 0 Å². The molecule has 0 saturated heterocycles. The highest BCUT2D eigenvalue weighted by atomic mass is 16.2. The lowest BCUT2D eigenvalue weighted by molar-refractivity contribution is 0.499. The molecule has 2 heterocycles. The van der Waals surface area contributed by atoms with Gasteiger partial charge < -0.3 is 5.32 Å². The molecule has 0 aliphatic heterocycles. The number of hydrogen-bond acceptors (Lipinski definition) is 3. The van der Waals surface area contributed by atoms with E-state index in [0.29, 0.717) is 12.2 Å². The summed E-state index contributed by atoms with van der Waals surface area (Å²) < 4.78 is 3.09. The topological polar surface area (TPSA) is 51.3 Å². The van der Waals surface area contributed by atoms with Gasteiger partial charge in [-0.1, -0.05) is 19.9 Å². The number of aromatic nitrogens is 3. The smallest absolute Gasteiger partial charge is 0.315 e. The normalized spacial score (nSPS) is 11.5. The van der Waals surface area contributed by atoms with Gasteiger partial charge in [0.25, 0.3) is 0 Å². The van der Waals surface area contributed by atoms with Crippen molar-refractivity contribution in [1.82, 2.24) is 19.5 Å². The fourth-order valence-electron chi connectivity index (χ4n) is 2.06. The summed E-state index contributed by atoms with van der Waals surface area (Å²) in [5, 5.41) is 7.64. The van der Waals surface area contributed by atoms with Gasteiger partial charge in [0.15, 0.2) is 5.65 Å². The first-order valence-corrected chi connectivity index (χ1v) is 6.93. The highest BCUT2D eigenvalue weighted by Gasteiger charge is 2.04. The number of nitrogens with one attached hydrogen (secondary N) is 1. The SMILES string of the molecule is CC(C)CCCNCCn1nc2ccccn2c1=O. The number of pyridine rings is 1. The average Bonchev–Trinajstić information content (AvgIpc) is 2.71. The van der Waals surface area contributed by atoms with E-state index in [9.17, 15) is 4.79 Å². The van der Waals surface area contributed by atoms with Crippen molar-refractivity contribution < 1.29 is 0 Å². The van der Waals surface area contributed by atoms with Crippen LogP contribution < -0.4 is 11.0 Å². The van der Waals surface area contributed by atoms with Crippen molar-refractivity contribution in [2.75, 3.05) is 13.1 Å². The van der Waals surface area contributed by atoms with Crippen LogP contribution in [0, 0.1) is 5.92 Å². The minimum atomic E-state index is -0.0698. The van der Waals surface area contributed by atoms with Crippen molar-refractivity contribution in [2.24, 2.45) is 5.92 Å². The van der Waals surface area contributed by atoms with Gasteiger partial charge >= 0.3 is 5.69 Å². The summed E-state index contributed by atoms with van der Waals surface area (Å²) in [6, 6.07) is 5.56. The maximum Gasteiger partial charge on any atom is 0.350 e. The molecule has 0 aromatic carbocycles. The second-order valence-corrected chi connectivity index (χ2v) is 5.22. The third-order valence-corrected chi connectivity index (χ3v) is 3.12. The molecular formula is C14H22N4O. The van der Waals surface area contributed by atoms with Crippen molar-refractivity contribution in [1.29, 1.82) is 0 Å². The van der Waals surface area contributed by atoms with Crippen LogP contribution in [0.2, 0.25) is 0 Å². The number of fused-ring (bicyclic) bond motifs is 1. The Balaban J connectivity index is 1.82. The van der Waals surface area contributed by atoms with Crippen molar-refractivity contribution in [3.63, 3.8) is 0 Å². The molecule has 0 saturated carbocycles. The van der Waals surface area contributed by atoms with Crippen LogP contribution in [-0.4, -0.2) is 27.3 Å². The first-order chi connectivity index (χ1) is 9.18. The molecule has 104 valence electrons. The molecule has 0 aliphatic rings. The minimum absolute atomic E-state index is 0.0698. The lowest BCUT2D eigenvalue weighted by Gasteiger charge is -2.06. The summed E-state index contributed by atoms with van der Waals surface area (Å²) in [4.78, 5) is 12.0. The Labute approximate surface area is 113 Å². The Morgan fingerprint density at radius 1 is 1.32 bits per heavy atom. The van der Waals surface area contributed by atoms with E-state index in [1.54, 1.807) is 10.6 Å². The van der Waals surface area contributed by atoms with Gasteiger partial charge in [-0.2, -0.15) is 0 Å². The maximum absolute atomic E-state index is 12.0. The summed E-state index contributed by atoms with van der Waals surface area (Å²) in [5.41, 5.74) is 0.631. The zero-order valence-electron chi connectivity index (χ0n) is 11.7. The van der Waals surface area contributed by atoms with Gasteiger partial charge in [-0.15, -0.1) is 5.10 Å². The Bertz CT molecular complexity index is 570. The number of hydrogen-bond donors (Lipinski definition) is 1. The van der Waals surface area contributed by atoms with Gasteiger partial charge in [0.1, 0.15) is 0 Å². The van der Waals surface area contributed by atoms with E-state index in [-0.39, 0.29) is 5.69 Å². The molecule has 0 amide bonds. The molecule has 2 aromatic rings. The van der Waals surface area contributed by atoms with E-state index in [1.165, 1.54) is 17.5 Å². The van der Waals surface area contributed by atoms with Crippen molar-refractivity contribution in [2.45, 2.75) is 33.2 Å². The maximum atomic E-state index is 12.0. The van der Waals surface area contributed by atoms with E-state index < -0.39 is 0 Å². The van der Waals surface area contributed by atoms with Gasteiger partial charge in [-0.05, 0) is 37.4 Å². The van der Waals surface area contributed by atoms with Crippen molar-refractivity contribution >= 4 is 5.65 Å². The van der Waals surface area contributed by atoms with Crippen LogP contribution in [0.5, 0.6) is 0 Å². The van der Waals surface area contributed by atoms with Gasteiger partial charge in [0, 0.05) is 12.7 Å². The molecule has 0 unspecified atom stereocenters. The molecular weight excluding hydrogens is 240 g/mol. The van der Waals surface area contributed by atoms with Crippen LogP contribution in [0.1, 0.15) is 26.7 Å². The summed E-state index contributed by atoms with van der Waals surface area (Å²) in [5.74, 6) is 0.753. The molecule has 1 N–H and O–H groups in total. The molecule has 19 heavy (non-hydrogen) atoms. The third kappa shape index (κ3) is 3.67. The fraction of sp³-hybridized carbons (Fsp3) is 0.571. The lowest BCUT2D eigenvalue weighted by atomic mass is 10.1. The molecule has 2 aromatic heterocycles. The molecule has 5 heteroatoms. The molecule has 0 fully saturated rings. The summed E-state index contributed by atoms with van der Waals surface area (Å²) >= 11 is 0. The zero-order valence-corrected chi connectivity index (χ0v) is 11.7. The second-order valence-electron chi connectivity index (χ2n) is 5.22. The Hall–Kier alpha value is -1.62. The van der Waals surface area contributed by atoms with Crippen LogP contribution >= 0.6 is 0 Å². The third-order valence-electron chi connectivity index (χ3n) is 3.12. The Morgan fingerprint density at radius 2 is 2.16 bits per heavy atom. The first-order valence-electron chi connectivity index (χ1n) is 6.93. The summed E-state index contributed by atoms with van der Waals surface area (Å²) in [6.45, 7) is 6.86. The molecule has 0 radical (unpaired) electrons. The molecule has 0 aliphatic carbocycles. The average molecular weight is 262 g/mol. The second kappa shape index (κ2) is 6.52. The standard InChI is InChI=1S/C14H22N4O/c1-12(2)6-5-8-15-9-11-18-14(19)17-10-4-3-7-13(17)16-18/h3-4,7,10,12,15H,5-6,8-9,11H2,1-2H3. The first kappa shape index (κ1) is 13.8. The number of rotatable bonds is 7. The summed E-state index contributed by atoms with van der Waals surface area (Å²) in [6.07, 6.45) is 4.16. The van der Waals surface area contributed by atoms with Crippen LogP contribution in [0.3, 0.4) is 0 Å². The predicted octanol–water partition coefficient (Wildman–Crippen LogP) is 1.52. The van der Waals surface area contributed by atoms with E-state index >= 15 is 0 Å². The minimum Gasteiger partial charge on any atom is -0.315 e. The van der Waals surface area contributed by atoms with Crippen molar-refractivity contribution in [3.8, 4) is 0 Å². The Kier molecular flexibility index (Phi) is 4.74. The quantitative estimate of drug-likeness (QED) is 0.770. The van der Waals surface area contributed by atoms with Gasteiger partial charge in [0.2, 0.25) is 0 Å². The van der Waals surface area contributed by atoms with Gasteiger partial charge in [-0.25, -0.2) is 9.48 Å². The van der Waals surface area contributed by atoms with Gasteiger partial charge in [-0.3, -0.25) is 4.40 Å². The van der Waals surface area contributed by atoms with Gasteiger partial charge in [0.05, 0.1) is 6.54 Å². The summed E-state index contributed by atoms with van der Waals surface area (Å²) in [7, 11) is 0. The number of nitrogens with zero attached hydrogens (tertiary/aromatic N) is 3. The molecule has 0 atom stereocenters. The van der Waals surface area contributed by atoms with Crippen LogP contribution in [-0.2, 0) is 6.54 Å². The fourth-order valence-corrected chi connectivity index (χ4v) is 2.06. The Morgan fingerprint density at radius 3 is 2.89 bits per heavy atom. The van der Waals surface area contributed by atoms with Crippen LogP contribution in [0.15, 0.2) is 29.2 Å². The van der Waals surface area contributed by atoms with Crippen molar-refractivity contribution in [3.05, 3.63) is 34.9 Å². The van der Waals surface area contributed by atoms with E-state index in [2.05, 4.69) is 24.3 Å².